The normalized spacial score (nSPS) is 11.3. The first-order valence-corrected chi connectivity index (χ1v) is 34.1. The van der Waals surface area contributed by atoms with Crippen molar-refractivity contribution < 1.29 is 80.3 Å². The number of carboxylic acids is 2. The van der Waals surface area contributed by atoms with E-state index >= 15 is 0 Å². The van der Waals surface area contributed by atoms with Crippen molar-refractivity contribution in [2.24, 2.45) is 17.2 Å². The summed E-state index contributed by atoms with van der Waals surface area (Å²) >= 11 is 0. The monoisotopic (exact) mass is 1540 g/mol. The summed E-state index contributed by atoms with van der Waals surface area (Å²) in [5.41, 5.74) is 37.7. The van der Waals surface area contributed by atoms with Crippen molar-refractivity contribution in [3.8, 4) is 56.5 Å². The van der Waals surface area contributed by atoms with E-state index in [4.69, 9.17) is 43.7 Å². The highest BCUT2D eigenvalue weighted by molar-refractivity contribution is 6.49. The fourth-order valence-corrected chi connectivity index (χ4v) is 11.5. The van der Waals surface area contributed by atoms with Gasteiger partial charge in [-0.15, -0.1) is 0 Å². The number of carbonyl (C=O) groups excluding carboxylic acids is 5. The Kier molecular flexibility index (Phi) is 24.7. The summed E-state index contributed by atoms with van der Waals surface area (Å²) < 4.78 is 79.3. The van der Waals surface area contributed by atoms with E-state index in [9.17, 15) is 75.2 Å². The Morgan fingerprint density at radius 3 is 1.05 bits per heavy atom. The Balaban J connectivity index is 0.000000152. The van der Waals surface area contributed by atoms with Gasteiger partial charge in [-0.3, -0.25) is 24.0 Å². The summed E-state index contributed by atoms with van der Waals surface area (Å²) in [6.45, 7) is 0. The molecule has 0 radical (unpaired) electrons. The number of carboxylic acid groups (broad SMARTS) is 2. The van der Waals surface area contributed by atoms with Gasteiger partial charge in [0.2, 0.25) is 23.4 Å². The first-order chi connectivity index (χ1) is 54.5. The number of fused-ring (bicyclic) bond motifs is 4. The van der Waals surface area contributed by atoms with Crippen LogP contribution in [0.15, 0.2) is 249 Å². The number of amides is 3. The zero-order valence-corrected chi connectivity index (χ0v) is 59.3. The number of aromatic hydroxyl groups is 2. The highest BCUT2D eigenvalue weighted by Crippen LogP contribution is 2.35. The Morgan fingerprint density at radius 2 is 0.693 bits per heavy atom. The van der Waals surface area contributed by atoms with E-state index in [1.807, 2.05) is 0 Å². The number of nitrogen functional groups attached to an aromatic ring is 2. The number of anilines is 2. The fourth-order valence-electron chi connectivity index (χ4n) is 11.5. The van der Waals surface area contributed by atoms with Gasteiger partial charge in [-0.2, -0.15) is 0 Å². The summed E-state index contributed by atoms with van der Waals surface area (Å²) in [4.78, 5) is 106. The predicted octanol–water partition coefficient (Wildman–Crippen LogP) is 14.0. The molecule has 0 aliphatic rings. The van der Waals surface area contributed by atoms with Gasteiger partial charge in [0.05, 0.1) is 73.4 Å². The van der Waals surface area contributed by atoms with E-state index in [0.717, 1.165) is 46.2 Å². The molecule has 15 rings (SSSR count). The van der Waals surface area contributed by atoms with E-state index in [1.54, 1.807) is 122 Å². The Labute approximate surface area is 642 Å². The number of carbonyl (C=O) groups is 7. The maximum absolute atomic E-state index is 13.7. The number of rotatable bonds is 17. The second kappa shape index (κ2) is 35.3. The third-order valence-electron chi connectivity index (χ3n) is 17.4. The third-order valence-corrected chi connectivity index (χ3v) is 17.4. The van der Waals surface area contributed by atoms with Crippen LogP contribution in [0.4, 0.5) is 37.7 Å². The lowest BCUT2D eigenvalue weighted by Gasteiger charge is -2.16. The summed E-state index contributed by atoms with van der Waals surface area (Å²) in [7, 11) is 0. The molecule has 0 aliphatic heterocycles. The third kappa shape index (κ3) is 19.7. The number of phenols is 2. The lowest BCUT2D eigenvalue weighted by Crippen LogP contribution is -2.45. The van der Waals surface area contributed by atoms with Crippen LogP contribution in [0, 0.1) is 34.9 Å². The van der Waals surface area contributed by atoms with Gasteiger partial charge >= 0.3 is 11.9 Å². The zero-order valence-electron chi connectivity index (χ0n) is 59.3. The quantitative estimate of drug-likeness (QED) is 0.0174. The molecule has 17 N–H and O–H groups in total. The molecule has 0 bridgehead atoms. The van der Waals surface area contributed by atoms with Crippen LogP contribution in [-0.2, 0) is 22.4 Å². The number of nitrogens with two attached hydrogens (primary N) is 5. The van der Waals surface area contributed by atoms with Crippen LogP contribution in [0.5, 0.6) is 11.5 Å². The number of benzene rings is 11. The van der Waals surface area contributed by atoms with E-state index < -0.39 is 76.6 Å². The van der Waals surface area contributed by atoms with Gasteiger partial charge in [0, 0.05) is 79.6 Å². The molecule has 0 saturated carbocycles. The summed E-state index contributed by atoms with van der Waals surface area (Å²) in [6.07, 6.45) is 3.94. The van der Waals surface area contributed by atoms with Gasteiger partial charge in [0.1, 0.15) is 52.4 Å². The van der Waals surface area contributed by atoms with E-state index in [2.05, 4.69) is 25.3 Å². The molecule has 4 heterocycles. The highest BCUT2D eigenvalue weighted by atomic mass is 19.1. The average molecular weight is 1540 g/mol. The van der Waals surface area contributed by atoms with Crippen LogP contribution < -0.4 is 34.0 Å². The van der Waals surface area contributed by atoms with Crippen LogP contribution in [0.3, 0.4) is 0 Å². The zero-order chi connectivity index (χ0) is 81.6. The van der Waals surface area contributed by atoms with Crippen molar-refractivity contribution in [2.75, 3.05) is 11.5 Å². The lowest BCUT2D eigenvalue weighted by molar-refractivity contribution is -0.120. The molecule has 0 fully saturated rings. The molecule has 0 saturated heterocycles. The fraction of sp³-hybridized carbons (Fsp3) is 0.0471. The molecule has 15 aromatic rings. The predicted molar refractivity (Wildman–Crippen MR) is 416 cm³/mol. The molecular weight excluding hydrogens is 1480 g/mol. The van der Waals surface area contributed by atoms with Gasteiger partial charge in [0.15, 0.2) is 0 Å². The minimum absolute atomic E-state index is 0.0721. The molecule has 0 spiro atoms. The van der Waals surface area contributed by atoms with Gasteiger partial charge < -0.3 is 64.4 Å². The molecule has 29 heteroatoms. The number of primary amides is 2. The number of aromatic carboxylic acids is 2. The van der Waals surface area contributed by atoms with Crippen molar-refractivity contribution >= 4 is 96.5 Å². The van der Waals surface area contributed by atoms with Crippen molar-refractivity contribution in [1.29, 1.82) is 0 Å². The summed E-state index contributed by atoms with van der Waals surface area (Å²) in [5, 5.41) is 41.2. The number of H-pyrrole nitrogens is 2. The van der Waals surface area contributed by atoms with Gasteiger partial charge in [-0.05, 0) is 254 Å². The van der Waals surface area contributed by atoms with E-state index in [1.165, 1.54) is 103 Å². The van der Waals surface area contributed by atoms with Crippen molar-refractivity contribution in [2.45, 2.75) is 24.9 Å². The van der Waals surface area contributed by atoms with Crippen LogP contribution >= 0.6 is 0 Å². The van der Waals surface area contributed by atoms with Crippen molar-refractivity contribution in [3.63, 3.8) is 0 Å². The number of phenolic OH excluding ortho intramolecular Hbond substituents is 2. The number of aromatic amines is 2. The van der Waals surface area contributed by atoms with E-state index in [-0.39, 0.29) is 57.4 Å². The Hall–Kier alpha value is -15.4. The number of ketones is 2. The number of aromatic nitrogens is 6. The number of nitrogens with one attached hydrogen (secondary N) is 3. The van der Waals surface area contributed by atoms with Crippen LogP contribution in [0.1, 0.15) is 62.9 Å². The first kappa shape index (κ1) is 79.6. The van der Waals surface area contributed by atoms with Crippen LogP contribution in [0.2, 0.25) is 0 Å². The second-order valence-electron chi connectivity index (χ2n) is 25.3. The Morgan fingerprint density at radius 1 is 0.368 bits per heavy atom. The van der Waals surface area contributed by atoms with Gasteiger partial charge in [-0.25, -0.2) is 55.9 Å². The molecule has 3 amide bonds. The molecular formula is C85H64F6N12O11. The van der Waals surface area contributed by atoms with E-state index in [0.29, 0.717) is 95.8 Å². The van der Waals surface area contributed by atoms with Crippen molar-refractivity contribution in [3.05, 3.63) is 323 Å². The summed E-state index contributed by atoms with van der Waals surface area (Å²) in [5.74, 6) is -7.65. The SMILES string of the molecule is NC(=O)[C@@H](N)Cc1c[nH]c2ccc(O)cc12.NC(=O)[C@H](Cc1c[nH]c2ccc(O)cc12)NC(=O)c1ccc2nc(-c3ccc(F)cc3)c(-c3ccc(F)cc3)nc2c1.Nc1ccc(C(=O)O)cc1N.O=C(C(=O)c1ccc(F)cc1)c1ccc(F)cc1.O=C(O)c1ccc2nc(-c3ccc(F)cc3)c(-c3ccc(F)cc3)nc2c1. The Bertz CT molecular complexity index is 6080. The number of hydrogen-bond acceptors (Lipinski definition) is 16. The molecule has 114 heavy (non-hydrogen) atoms. The van der Waals surface area contributed by atoms with Gasteiger partial charge in [0.25, 0.3) is 5.91 Å². The van der Waals surface area contributed by atoms with Crippen molar-refractivity contribution in [1.82, 2.24) is 35.2 Å². The number of halogens is 6. The maximum Gasteiger partial charge on any atom is 0.335 e. The molecule has 4 aromatic heterocycles. The average Bonchev–Trinajstić information content (AvgIpc) is 1.63. The molecule has 572 valence electrons. The van der Waals surface area contributed by atoms with Gasteiger partial charge in [-0.1, -0.05) is 0 Å². The molecule has 2 atom stereocenters. The smallest absolute Gasteiger partial charge is 0.335 e. The summed E-state index contributed by atoms with van der Waals surface area (Å²) in [6, 6.07) is 53.9. The molecule has 11 aromatic carbocycles. The lowest BCUT2D eigenvalue weighted by atomic mass is 10.0. The standard InChI is InChI=1S/C32H23F2N5O3.C21H12F2N2O2.C14H8F2O2.C11H13N3O2.C7H8N2O2/c33-21-6-1-17(2-7-21)29-30(18-3-8-22(34)9-4-18)38-27-13-19(5-11-26(27)37-29)32(42)39-28(31(35)41)14-20-16-36-25-12-10-23(40)15-24(20)25;22-15-6-1-12(2-7-15)19-20(13-3-8-16(23)9-4-13)25-18-11-14(21(26)27)5-10-17(18)24-19;15-11-5-1-9(2-6-11)13(17)14(18)10-3-7-12(16)8-4-10;12-9(11(13)16)3-6-5-14-10-2-1-7(15)4-8(6)10;8-5-2-1-4(7(10)11)3-6(5)9/h1-13,15-16,28,36,40H,14H2,(H2,35,41)(H,39,42);1-11H,(H,26,27);1-8H;1-2,4-5,9,14-15H,3,12H2,(H2,13,16);1-3H,8-9H2,(H,10,11)/t28-;;;9-;/m0..0./s1. The first-order valence-electron chi connectivity index (χ1n) is 34.1. The minimum atomic E-state index is -1.07. The minimum Gasteiger partial charge on any atom is -0.508 e. The number of hydrogen-bond donors (Lipinski definition) is 12. The molecule has 0 unspecified atom stereocenters. The molecule has 0 aliphatic carbocycles. The second-order valence-corrected chi connectivity index (χ2v) is 25.3. The topological polar surface area (TPSA) is 426 Å². The molecule has 23 nitrogen and oxygen atoms in total. The highest BCUT2D eigenvalue weighted by Gasteiger charge is 2.24. The maximum atomic E-state index is 13.7. The number of nitrogens with zero attached hydrogens (tertiary/aromatic N) is 4. The number of Topliss-reactive ketones (excluding diaryl/α,β-unsaturated/α-hetero) is 2. The van der Waals surface area contributed by atoms with Crippen LogP contribution in [0.25, 0.3) is 88.9 Å². The van der Waals surface area contributed by atoms with Crippen LogP contribution in [-0.4, -0.2) is 104 Å². The largest absolute Gasteiger partial charge is 0.508 e.